The highest BCUT2D eigenvalue weighted by Crippen LogP contribution is 2.59. The lowest BCUT2D eigenvalue weighted by molar-refractivity contribution is 0.660. The van der Waals surface area contributed by atoms with Crippen LogP contribution in [0.4, 0.5) is 11.4 Å². The number of hydrogen-bond donors (Lipinski definition) is 0. The highest BCUT2D eigenvalue weighted by molar-refractivity contribution is 5.99. The molecule has 0 amide bonds. The smallest absolute Gasteiger partial charge is 0.0967 e. The van der Waals surface area contributed by atoms with E-state index < -0.39 is 5.41 Å². The first-order valence-corrected chi connectivity index (χ1v) is 22.9. The van der Waals surface area contributed by atoms with E-state index in [0.29, 0.717) is 0 Å². The van der Waals surface area contributed by atoms with Gasteiger partial charge in [-0.25, -0.2) is 0 Å². The fourth-order valence-corrected chi connectivity index (χ4v) is 11.0. The van der Waals surface area contributed by atoms with Crippen molar-refractivity contribution < 1.29 is 0 Å². The number of anilines is 2. The molecule has 0 spiro atoms. The average Bonchev–Trinajstić information content (AvgIpc) is 3.77. The predicted octanol–water partition coefficient (Wildman–Crippen LogP) is 16.5. The van der Waals surface area contributed by atoms with Crippen LogP contribution < -0.4 is 4.90 Å². The third-order valence-corrected chi connectivity index (χ3v) is 14.3. The number of hydrogen-bond acceptors (Lipinski definition) is 1. The molecule has 1 atom stereocenters. The van der Waals surface area contributed by atoms with Crippen LogP contribution in [0.25, 0.3) is 49.7 Å². The number of rotatable bonds is 8. The Morgan fingerprint density at radius 2 is 1.22 bits per heavy atom. The zero-order chi connectivity index (χ0) is 44.3. The number of allylic oxidation sites excluding steroid dienone is 8. The van der Waals surface area contributed by atoms with E-state index >= 15 is 0 Å². The molecule has 3 aliphatic rings. The molecule has 1 nitrogen and oxygen atoms in total. The molecule has 8 aromatic rings. The third-order valence-electron chi connectivity index (χ3n) is 14.3. The summed E-state index contributed by atoms with van der Waals surface area (Å²) in [5.74, 6) is 3.18. The van der Waals surface area contributed by atoms with Gasteiger partial charge in [0, 0.05) is 16.8 Å². The Hall–Kier alpha value is -7.66. The summed E-state index contributed by atoms with van der Waals surface area (Å²) in [6.07, 6.45) is 20.2. The number of benzene rings is 8. The Morgan fingerprint density at radius 1 is 0.585 bits per heavy atom. The summed E-state index contributed by atoms with van der Waals surface area (Å²) in [6, 6.07) is 65.2. The van der Waals surface area contributed by atoms with Crippen LogP contribution in [-0.4, -0.2) is 0 Å². The second-order valence-electron chi connectivity index (χ2n) is 18.4. The maximum Gasteiger partial charge on any atom is 0.0967 e. The van der Waals surface area contributed by atoms with Crippen molar-refractivity contribution in [2.45, 2.75) is 51.4 Å². The van der Waals surface area contributed by atoms with Gasteiger partial charge in [0.2, 0.25) is 0 Å². The lowest BCUT2D eigenvalue weighted by Gasteiger charge is -2.37. The van der Waals surface area contributed by atoms with Crippen LogP contribution in [-0.2, 0) is 10.8 Å². The van der Waals surface area contributed by atoms with Crippen LogP contribution in [0.1, 0.15) is 72.6 Å². The summed E-state index contributed by atoms with van der Waals surface area (Å²) in [5, 5.41) is 2.50. The second-order valence-corrected chi connectivity index (χ2v) is 18.4. The molecular formula is C64H51N. The summed E-state index contributed by atoms with van der Waals surface area (Å²) < 4.78 is 0. The molecule has 0 aliphatic heterocycles. The minimum atomic E-state index is -0.594. The lowest BCUT2D eigenvalue weighted by Crippen LogP contribution is -2.30. The molecule has 0 saturated heterocycles. The second kappa shape index (κ2) is 15.8. The summed E-state index contributed by atoms with van der Waals surface area (Å²) in [5.41, 5.74) is 20.9. The molecule has 8 aromatic carbocycles. The first-order valence-electron chi connectivity index (χ1n) is 22.9. The van der Waals surface area contributed by atoms with E-state index in [1.165, 1.54) is 88.7 Å². The van der Waals surface area contributed by atoms with Crippen molar-refractivity contribution in [2.75, 3.05) is 4.90 Å². The standard InChI is InChI=1S/C64H51N/c1-6-50(34-30-44(3)45-18-9-7-10-19-45)65(51-35-38-56-55-25-15-16-27-59(55)63(4,5)60(56)41-51)52-36-39-58-57-37-31-47(54-26-17-21-46-20-13-14-24-53(46)54)40-61(57)64(62(58)42-52,48-22-11-8-12-23-48)49-32-28-43(2)29-33-49/h1,7,9-11,13-42H,8,12H2,2-5H3/b44-30+,50-34+. The van der Waals surface area contributed by atoms with E-state index in [4.69, 9.17) is 6.42 Å². The Morgan fingerprint density at radius 3 is 1.97 bits per heavy atom. The average molecular weight is 834 g/mol. The largest absolute Gasteiger partial charge is 0.303 e. The normalized spacial score (nSPS) is 16.9. The first kappa shape index (κ1) is 40.1. The fourth-order valence-electron chi connectivity index (χ4n) is 11.0. The van der Waals surface area contributed by atoms with Gasteiger partial charge < -0.3 is 4.90 Å². The van der Waals surface area contributed by atoms with Gasteiger partial charge in [-0.3, -0.25) is 0 Å². The lowest BCUT2D eigenvalue weighted by atomic mass is 9.65. The van der Waals surface area contributed by atoms with E-state index in [-0.39, 0.29) is 5.41 Å². The SMILES string of the molecule is C#C/C(=C\C=C(/C)c1ccccc1)N(c1ccc2c(c1)C(C)(C)c1ccccc1-2)c1ccc2c(c1)C(C1=CCCC=C1)(c1ccc(C)cc1)c1cc(-c3cccc4ccccc34)ccc1-2. The van der Waals surface area contributed by atoms with Crippen molar-refractivity contribution >= 4 is 27.7 Å². The number of aryl methyl sites for hydroxylation is 1. The number of terminal acetylenes is 1. The molecule has 0 aromatic heterocycles. The van der Waals surface area contributed by atoms with Crippen LogP contribution in [0.2, 0.25) is 0 Å². The van der Waals surface area contributed by atoms with E-state index in [9.17, 15) is 0 Å². The quantitative estimate of drug-likeness (QED) is 0.109. The molecule has 11 rings (SSSR count). The molecule has 1 unspecified atom stereocenters. The van der Waals surface area contributed by atoms with Crippen molar-refractivity contribution in [2.24, 2.45) is 0 Å². The summed E-state index contributed by atoms with van der Waals surface area (Å²) in [7, 11) is 0. The third kappa shape index (κ3) is 6.47. The molecule has 0 N–H and O–H groups in total. The van der Waals surface area contributed by atoms with Crippen molar-refractivity contribution in [3.05, 3.63) is 257 Å². The van der Waals surface area contributed by atoms with Crippen molar-refractivity contribution in [1.29, 1.82) is 0 Å². The van der Waals surface area contributed by atoms with Crippen molar-refractivity contribution in [3.63, 3.8) is 0 Å². The highest BCUT2D eigenvalue weighted by Gasteiger charge is 2.47. The van der Waals surface area contributed by atoms with E-state index in [1.54, 1.807) is 0 Å². The van der Waals surface area contributed by atoms with Gasteiger partial charge in [0.15, 0.2) is 0 Å². The maximum absolute atomic E-state index is 6.67. The summed E-state index contributed by atoms with van der Waals surface area (Å²) in [4.78, 5) is 2.31. The summed E-state index contributed by atoms with van der Waals surface area (Å²) in [6.45, 7) is 9.02. The maximum atomic E-state index is 6.67. The molecule has 3 aliphatic carbocycles. The predicted molar refractivity (Wildman–Crippen MR) is 275 cm³/mol. The van der Waals surface area contributed by atoms with E-state index in [0.717, 1.165) is 35.5 Å². The van der Waals surface area contributed by atoms with Gasteiger partial charge >= 0.3 is 0 Å². The van der Waals surface area contributed by atoms with Gasteiger partial charge in [-0.2, -0.15) is 0 Å². The van der Waals surface area contributed by atoms with Gasteiger partial charge in [-0.1, -0.05) is 195 Å². The van der Waals surface area contributed by atoms with Crippen molar-refractivity contribution in [3.8, 4) is 45.7 Å². The molecule has 0 radical (unpaired) electrons. The summed E-state index contributed by atoms with van der Waals surface area (Å²) >= 11 is 0. The van der Waals surface area contributed by atoms with Crippen LogP contribution >= 0.6 is 0 Å². The van der Waals surface area contributed by atoms with E-state index in [2.05, 4.69) is 245 Å². The van der Waals surface area contributed by atoms with Crippen LogP contribution in [0, 0.1) is 19.3 Å². The van der Waals surface area contributed by atoms with Gasteiger partial charge in [0.25, 0.3) is 0 Å². The fraction of sp³-hybridized carbons (Fsp3) is 0.125. The Labute approximate surface area is 384 Å². The topological polar surface area (TPSA) is 3.24 Å². The number of fused-ring (bicyclic) bond motifs is 7. The van der Waals surface area contributed by atoms with Crippen LogP contribution in [0.3, 0.4) is 0 Å². The van der Waals surface area contributed by atoms with Crippen molar-refractivity contribution in [1.82, 2.24) is 0 Å². The molecule has 0 heterocycles. The molecule has 312 valence electrons. The molecule has 0 saturated carbocycles. The monoisotopic (exact) mass is 833 g/mol. The van der Waals surface area contributed by atoms with Crippen LogP contribution in [0.5, 0.6) is 0 Å². The molecule has 65 heavy (non-hydrogen) atoms. The Bertz CT molecular complexity index is 3360. The van der Waals surface area contributed by atoms with Gasteiger partial charge in [0.1, 0.15) is 0 Å². The van der Waals surface area contributed by atoms with Gasteiger partial charge in [-0.05, 0) is 152 Å². The Balaban J connectivity index is 1.17. The van der Waals surface area contributed by atoms with Gasteiger partial charge in [0.05, 0.1) is 11.1 Å². The Kier molecular flexibility index (Phi) is 9.79. The van der Waals surface area contributed by atoms with Crippen LogP contribution in [0.15, 0.2) is 218 Å². The zero-order valence-corrected chi connectivity index (χ0v) is 37.6. The molecule has 0 bridgehead atoms. The zero-order valence-electron chi connectivity index (χ0n) is 37.6. The molecule has 1 heteroatoms. The molecular weight excluding hydrogens is 783 g/mol. The van der Waals surface area contributed by atoms with E-state index in [1.807, 2.05) is 0 Å². The minimum absolute atomic E-state index is 0.181. The molecule has 0 fully saturated rings. The van der Waals surface area contributed by atoms with Gasteiger partial charge in [-0.15, -0.1) is 6.42 Å². The first-order chi connectivity index (χ1) is 31.8. The highest BCUT2D eigenvalue weighted by atomic mass is 15.1. The number of nitrogens with zero attached hydrogens (tertiary/aromatic N) is 1. The minimum Gasteiger partial charge on any atom is -0.303 e.